The molecule has 214 valence electrons. The number of hydrogen-bond acceptors (Lipinski definition) is 6. The molecule has 3 atom stereocenters. The van der Waals surface area contributed by atoms with E-state index in [9.17, 15) is 22.4 Å². The molecule has 11 nitrogen and oxygen atoms in total. The minimum Gasteiger partial charge on any atom is -0.350 e. The highest BCUT2D eigenvalue weighted by atomic mass is 35.5. The number of halogens is 2. The van der Waals surface area contributed by atoms with Crippen molar-refractivity contribution in [2.75, 3.05) is 11.3 Å². The number of carbonyl (C=O) groups is 2. The van der Waals surface area contributed by atoms with Crippen LogP contribution in [0.3, 0.4) is 0 Å². The predicted octanol–water partition coefficient (Wildman–Crippen LogP) is 2.84. The number of aromatic nitrogens is 3. The molecule has 0 unspecified atom stereocenters. The third-order valence-corrected chi connectivity index (χ3v) is 7.66. The van der Waals surface area contributed by atoms with Crippen molar-refractivity contribution in [1.82, 2.24) is 29.7 Å². The van der Waals surface area contributed by atoms with E-state index in [1.54, 1.807) is 48.5 Å². The number of carbonyl (C=O) groups excluding carboxylic acids is 2. The molecule has 1 aromatic heterocycles. The molecule has 40 heavy (non-hydrogen) atoms. The smallest absolute Gasteiger partial charge is 0.299 e. The number of hydrogen-bond donors (Lipinski definition) is 3. The molecule has 0 radical (unpaired) electrons. The fourth-order valence-electron chi connectivity index (χ4n) is 4.58. The maximum absolute atomic E-state index is 14.6. The van der Waals surface area contributed by atoms with E-state index in [4.69, 9.17) is 11.6 Å². The maximum atomic E-state index is 14.6. The lowest BCUT2D eigenvalue weighted by Gasteiger charge is -2.29. The zero-order valence-electron chi connectivity index (χ0n) is 22.0. The molecular formula is C26H31ClFN7O4S. The molecule has 2 heterocycles. The highest BCUT2D eigenvalue weighted by Crippen LogP contribution is 2.24. The SMILES string of the molecule is CC(C)C[C@H](NS(=O)(=O)Nc1ccccc1)C(=O)N1C[C@H](F)C[C@H]1C(=O)NCc1cc(Cl)ccc1-n1cncn1. The maximum Gasteiger partial charge on any atom is 0.299 e. The molecule has 0 saturated carbocycles. The third-order valence-electron chi connectivity index (χ3n) is 6.32. The van der Waals surface area contributed by atoms with Crippen LogP contribution >= 0.6 is 11.6 Å². The van der Waals surface area contributed by atoms with E-state index in [2.05, 4.69) is 24.8 Å². The molecule has 2 aromatic carbocycles. The topological polar surface area (TPSA) is 138 Å². The van der Waals surface area contributed by atoms with Crippen LogP contribution in [-0.4, -0.2) is 64.7 Å². The lowest BCUT2D eigenvalue weighted by atomic mass is 10.0. The molecule has 1 saturated heterocycles. The Morgan fingerprint density at radius 3 is 2.60 bits per heavy atom. The summed E-state index contributed by atoms with van der Waals surface area (Å²) in [6, 6.07) is 11.0. The van der Waals surface area contributed by atoms with Gasteiger partial charge in [0.25, 0.3) is 10.2 Å². The first-order chi connectivity index (χ1) is 19.0. The number of nitrogens with zero attached hydrogens (tertiary/aromatic N) is 4. The molecule has 14 heteroatoms. The first kappa shape index (κ1) is 29.4. The highest BCUT2D eigenvalue weighted by Gasteiger charge is 2.42. The molecule has 0 bridgehead atoms. The first-order valence-electron chi connectivity index (χ1n) is 12.7. The van der Waals surface area contributed by atoms with Gasteiger partial charge in [-0.2, -0.15) is 18.2 Å². The van der Waals surface area contributed by atoms with E-state index in [-0.39, 0.29) is 31.8 Å². The van der Waals surface area contributed by atoms with Crippen molar-refractivity contribution in [2.45, 2.75) is 51.5 Å². The average Bonchev–Trinajstić information content (AvgIpc) is 3.56. The molecule has 0 aliphatic carbocycles. The second-order valence-corrected chi connectivity index (χ2v) is 11.8. The summed E-state index contributed by atoms with van der Waals surface area (Å²) >= 11 is 6.16. The number of amides is 2. The van der Waals surface area contributed by atoms with Crippen molar-refractivity contribution < 1.29 is 22.4 Å². The van der Waals surface area contributed by atoms with E-state index in [0.29, 0.717) is 22.0 Å². The monoisotopic (exact) mass is 591 g/mol. The van der Waals surface area contributed by atoms with Gasteiger partial charge >= 0.3 is 0 Å². The zero-order valence-corrected chi connectivity index (χ0v) is 23.6. The van der Waals surface area contributed by atoms with Gasteiger partial charge in [0.15, 0.2) is 0 Å². The number of nitrogens with one attached hydrogen (secondary N) is 3. The number of rotatable bonds is 11. The molecule has 1 fully saturated rings. The van der Waals surface area contributed by atoms with E-state index in [0.717, 1.165) is 4.90 Å². The Labute approximate surface area is 237 Å². The number of alkyl halides is 1. The van der Waals surface area contributed by atoms with Gasteiger partial charge in [-0.1, -0.05) is 43.6 Å². The summed E-state index contributed by atoms with van der Waals surface area (Å²) in [4.78, 5) is 31.9. The molecule has 3 N–H and O–H groups in total. The van der Waals surface area contributed by atoms with Crippen LogP contribution < -0.4 is 14.8 Å². The Kier molecular flexibility index (Phi) is 9.38. The summed E-state index contributed by atoms with van der Waals surface area (Å²) in [6.07, 6.45) is 1.39. The fourth-order valence-corrected chi connectivity index (χ4v) is 5.85. The summed E-state index contributed by atoms with van der Waals surface area (Å²) < 4.78 is 46.6. The molecule has 4 rings (SSSR count). The average molecular weight is 592 g/mol. The van der Waals surface area contributed by atoms with Gasteiger partial charge < -0.3 is 10.2 Å². The minimum atomic E-state index is -4.15. The van der Waals surface area contributed by atoms with Gasteiger partial charge in [-0.3, -0.25) is 14.3 Å². The quantitative estimate of drug-likeness (QED) is 0.313. The van der Waals surface area contributed by atoms with Crippen molar-refractivity contribution in [2.24, 2.45) is 5.92 Å². The van der Waals surface area contributed by atoms with E-state index < -0.39 is 40.3 Å². The predicted molar refractivity (Wildman–Crippen MR) is 149 cm³/mol. The summed E-state index contributed by atoms with van der Waals surface area (Å²) in [5.41, 5.74) is 1.60. The van der Waals surface area contributed by atoms with Gasteiger partial charge in [0.1, 0.15) is 30.9 Å². The number of anilines is 1. The van der Waals surface area contributed by atoms with E-state index in [1.165, 1.54) is 17.3 Å². The summed E-state index contributed by atoms with van der Waals surface area (Å²) in [5, 5.41) is 7.32. The van der Waals surface area contributed by atoms with Crippen LogP contribution in [0.4, 0.5) is 10.1 Å². The Morgan fingerprint density at radius 2 is 1.93 bits per heavy atom. The lowest BCUT2D eigenvalue weighted by Crippen LogP contribution is -2.54. The van der Waals surface area contributed by atoms with Crippen molar-refractivity contribution in [3.8, 4) is 5.69 Å². The second-order valence-electron chi connectivity index (χ2n) is 9.94. The molecule has 3 aromatic rings. The third kappa shape index (κ3) is 7.55. The zero-order chi connectivity index (χ0) is 28.9. The van der Waals surface area contributed by atoms with Gasteiger partial charge in [0.2, 0.25) is 11.8 Å². The number of para-hydroxylation sites is 1. The van der Waals surface area contributed by atoms with Crippen LogP contribution in [0.2, 0.25) is 5.02 Å². The van der Waals surface area contributed by atoms with Crippen LogP contribution in [0.5, 0.6) is 0 Å². The normalized spacial score (nSPS) is 18.1. The van der Waals surface area contributed by atoms with Crippen LogP contribution in [0, 0.1) is 5.92 Å². The van der Waals surface area contributed by atoms with Crippen molar-refractivity contribution in [3.63, 3.8) is 0 Å². The van der Waals surface area contributed by atoms with Gasteiger partial charge in [-0.15, -0.1) is 0 Å². The standard InChI is InChI=1S/C26H31ClFN7O4S/c1-17(2)10-22(33-40(38,39)32-21-6-4-3-5-7-21)26(37)34-14-20(28)12-24(34)25(36)30-13-18-11-19(27)8-9-23(18)35-16-29-15-31-35/h3-9,11,15-17,20,22,24,32-33H,10,12-14H2,1-2H3,(H,30,36)/t20-,22+,24+/m1/s1. The van der Waals surface area contributed by atoms with E-state index >= 15 is 0 Å². The Hall–Kier alpha value is -3.55. The Bertz CT molecular complexity index is 1420. The minimum absolute atomic E-state index is 0.0348. The molecule has 2 amide bonds. The first-order valence-corrected chi connectivity index (χ1v) is 14.6. The molecule has 0 spiro atoms. The highest BCUT2D eigenvalue weighted by molar-refractivity contribution is 7.90. The fraction of sp³-hybridized carbons (Fsp3) is 0.385. The number of likely N-dealkylation sites (tertiary alicyclic amines) is 1. The summed E-state index contributed by atoms with van der Waals surface area (Å²) in [6.45, 7) is 3.39. The number of benzene rings is 2. The van der Waals surface area contributed by atoms with E-state index in [1.807, 2.05) is 13.8 Å². The largest absolute Gasteiger partial charge is 0.350 e. The van der Waals surface area contributed by atoms with Crippen LogP contribution in [0.1, 0.15) is 32.3 Å². The Morgan fingerprint density at radius 1 is 1.18 bits per heavy atom. The molecular weight excluding hydrogens is 561 g/mol. The van der Waals surface area contributed by atoms with Gasteiger partial charge in [0.05, 0.1) is 12.2 Å². The second kappa shape index (κ2) is 12.7. The molecule has 1 aliphatic rings. The van der Waals surface area contributed by atoms with Gasteiger partial charge in [-0.05, 0) is 48.2 Å². The van der Waals surface area contributed by atoms with Crippen molar-refractivity contribution in [1.29, 1.82) is 0 Å². The van der Waals surface area contributed by atoms with Gasteiger partial charge in [-0.25, -0.2) is 14.1 Å². The Balaban J connectivity index is 1.49. The van der Waals surface area contributed by atoms with Crippen molar-refractivity contribution >= 4 is 39.3 Å². The summed E-state index contributed by atoms with van der Waals surface area (Å²) in [5.74, 6) is -1.30. The van der Waals surface area contributed by atoms with Gasteiger partial charge in [0, 0.05) is 23.7 Å². The van der Waals surface area contributed by atoms with Crippen molar-refractivity contribution in [3.05, 3.63) is 71.8 Å². The summed E-state index contributed by atoms with van der Waals surface area (Å²) in [7, 11) is -4.15. The van der Waals surface area contributed by atoms with Crippen LogP contribution in [-0.2, 0) is 26.3 Å². The lowest BCUT2D eigenvalue weighted by molar-refractivity contribution is -0.140. The van der Waals surface area contributed by atoms with Crippen LogP contribution in [0.15, 0.2) is 61.2 Å². The van der Waals surface area contributed by atoms with Crippen LogP contribution in [0.25, 0.3) is 5.69 Å². The molecule has 1 aliphatic heterocycles.